The molecule has 0 radical (unpaired) electrons. The molecule has 0 spiro atoms. The molecule has 1 aliphatic heterocycles. The van der Waals surface area contributed by atoms with E-state index in [9.17, 15) is 9.59 Å². The van der Waals surface area contributed by atoms with Gasteiger partial charge in [0.05, 0.1) is 11.7 Å². The smallest absolute Gasteiger partial charge is 0.321 e. The quantitative estimate of drug-likeness (QED) is 0.853. The minimum atomic E-state index is -0.338. The molecule has 2 aromatic rings. The number of carbonyl (C=O) groups is 2. The minimum absolute atomic E-state index is 0.0273. The predicted octanol–water partition coefficient (Wildman–Crippen LogP) is 1.02. The van der Waals surface area contributed by atoms with Gasteiger partial charge in [0.25, 0.3) is 0 Å². The molecule has 0 aromatic carbocycles. The van der Waals surface area contributed by atoms with Crippen LogP contribution < -0.4 is 10.6 Å². The van der Waals surface area contributed by atoms with Crippen LogP contribution in [0.15, 0.2) is 12.3 Å². The summed E-state index contributed by atoms with van der Waals surface area (Å²) in [6.45, 7) is 1.84. The van der Waals surface area contributed by atoms with E-state index in [4.69, 9.17) is 5.73 Å². The molecular weight excluding hydrogens is 296 g/mol. The second-order valence-corrected chi connectivity index (χ2v) is 6.28. The van der Waals surface area contributed by atoms with Crippen LogP contribution in [0.25, 0.3) is 5.65 Å². The SMILES string of the molecule is C[C@@H](N)c1nc2c(N3CC(=O)N(C)C3=O)cc(C3CC3)cn2n1. The highest BCUT2D eigenvalue weighted by atomic mass is 16.2. The first-order valence-electron chi connectivity index (χ1n) is 7.69. The van der Waals surface area contributed by atoms with Crippen molar-refractivity contribution in [3.63, 3.8) is 0 Å². The number of nitrogens with zero attached hydrogens (tertiary/aromatic N) is 5. The second kappa shape index (κ2) is 4.76. The van der Waals surface area contributed by atoms with E-state index in [1.807, 2.05) is 19.2 Å². The van der Waals surface area contributed by atoms with Crippen molar-refractivity contribution < 1.29 is 9.59 Å². The molecule has 2 aromatic heterocycles. The normalized spacial score (nSPS) is 20.0. The molecule has 0 bridgehead atoms. The highest BCUT2D eigenvalue weighted by Gasteiger charge is 2.36. The van der Waals surface area contributed by atoms with Gasteiger partial charge in [0.1, 0.15) is 6.54 Å². The van der Waals surface area contributed by atoms with Gasteiger partial charge in [0.15, 0.2) is 11.5 Å². The number of hydrogen-bond donors (Lipinski definition) is 1. The number of aromatic nitrogens is 3. The Bertz CT molecular complexity index is 823. The fourth-order valence-electron chi connectivity index (χ4n) is 2.82. The Balaban J connectivity index is 1.89. The molecular formula is C15H18N6O2. The number of anilines is 1. The van der Waals surface area contributed by atoms with Gasteiger partial charge in [-0.1, -0.05) is 0 Å². The lowest BCUT2D eigenvalue weighted by atomic mass is 10.1. The third-order valence-corrected chi connectivity index (χ3v) is 4.38. The molecule has 8 nitrogen and oxygen atoms in total. The summed E-state index contributed by atoms with van der Waals surface area (Å²) in [5.74, 6) is 0.787. The van der Waals surface area contributed by atoms with E-state index >= 15 is 0 Å². The maximum Gasteiger partial charge on any atom is 0.331 e. The van der Waals surface area contributed by atoms with Crippen LogP contribution in [0.4, 0.5) is 10.5 Å². The number of carbonyl (C=O) groups excluding carboxylic acids is 2. The molecule has 0 unspecified atom stereocenters. The Kier molecular flexibility index (Phi) is 2.92. The van der Waals surface area contributed by atoms with Crippen LogP contribution >= 0.6 is 0 Å². The van der Waals surface area contributed by atoms with E-state index in [-0.39, 0.29) is 24.5 Å². The van der Waals surface area contributed by atoms with Crippen molar-refractivity contribution in [3.05, 3.63) is 23.7 Å². The van der Waals surface area contributed by atoms with E-state index < -0.39 is 0 Å². The summed E-state index contributed by atoms with van der Waals surface area (Å²) in [6, 6.07) is 1.32. The van der Waals surface area contributed by atoms with Crippen LogP contribution in [0, 0.1) is 0 Å². The van der Waals surface area contributed by atoms with Crippen LogP contribution in [0.1, 0.15) is 43.1 Å². The summed E-state index contributed by atoms with van der Waals surface area (Å²) in [7, 11) is 1.49. The van der Waals surface area contributed by atoms with Crippen LogP contribution in [-0.4, -0.2) is 45.0 Å². The molecule has 2 aliphatic rings. The summed E-state index contributed by atoms with van der Waals surface area (Å²) in [6.07, 6.45) is 4.21. The molecule has 1 atom stereocenters. The average Bonchev–Trinajstić information content (AvgIpc) is 3.23. The lowest BCUT2D eigenvalue weighted by Gasteiger charge is -2.16. The van der Waals surface area contributed by atoms with Crippen molar-refractivity contribution in [2.45, 2.75) is 31.7 Å². The molecule has 4 rings (SSSR count). The molecule has 3 amide bonds. The van der Waals surface area contributed by atoms with Crippen molar-refractivity contribution in [2.24, 2.45) is 5.73 Å². The number of likely N-dealkylation sites (N-methyl/N-ethyl adjacent to an activating group) is 1. The number of urea groups is 1. The van der Waals surface area contributed by atoms with Gasteiger partial charge < -0.3 is 5.73 Å². The maximum atomic E-state index is 12.3. The van der Waals surface area contributed by atoms with Gasteiger partial charge in [0.2, 0.25) is 5.91 Å². The van der Waals surface area contributed by atoms with E-state index in [2.05, 4.69) is 10.1 Å². The van der Waals surface area contributed by atoms with Crippen molar-refractivity contribution in [3.8, 4) is 0 Å². The number of fused-ring (bicyclic) bond motifs is 1. The van der Waals surface area contributed by atoms with Gasteiger partial charge in [0, 0.05) is 13.2 Å². The predicted molar refractivity (Wildman–Crippen MR) is 83.1 cm³/mol. The zero-order valence-corrected chi connectivity index (χ0v) is 13.1. The second-order valence-electron chi connectivity index (χ2n) is 6.28. The maximum absolute atomic E-state index is 12.3. The Morgan fingerprint density at radius 1 is 1.35 bits per heavy atom. The summed E-state index contributed by atoms with van der Waals surface area (Å²) < 4.78 is 1.68. The zero-order valence-electron chi connectivity index (χ0n) is 13.1. The lowest BCUT2D eigenvalue weighted by molar-refractivity contribution is -0.123. The van der Waals surface area contributed by atoms with Crippen LogP contribution in [0.2, 0.25) is 0 Å². The van der Waals surface area contributed by atoms with Crippen molar-refractivity contribution in [1.82, 2.24) is 19.5 Å². The van der Waals surface area contributed by atoms with Crippen molar-refractivity contribution in [2.75, 3.05) is 18.5 Å². The van der Waals surface area contributed by atoms with Crippen LogP contribution in [0.3, 0.4) is 0 Å². The summed E-state index contributed by atoms with van der Waals surface area (Å²) in [5, 5.41) is 4.42. The molecule has 3 heterocycles. The summed E-state index contributed by atoms with van der Waals surface area (Å²) >= 11 is 0. The molecule has 2 fully saturated rings. The highest BCUT2D eigenvalue weighted by Crippen LogP contribution is 2.42. The molecule has 8 heteroatoms. The number of amides is 3. The zero-order chi connectivity index (χ0) is 16.3. The topological polar surface area (TPSA) is 96.8 Å². The third kappa shape index (κ3) is 2.17. The molecule has 1 aliphatic carbocycles. The number of hydrogen-bond acceptors (Lipinski definition) is 5. The van der Waals surface area contributed by atoms with Crippen LogP contribution in [-0.2, 0) is 4.79 Å². The van der Waals surface area contributed by atoms with Crippen molar-refractivity contribution >= 4 is 23.3 Å². The minimum Gasteiger partial charge on any atom is -0.321 e. The fourth-order valence-corrected chi connectivity index (χ4v) is 2.82. The number of rotatable bonds is 3. The summed E-state index contributed by atoms with van der Waals surface area (Å²) in [4.78, 5) is 31.3. The molecule has 1 saturated heterocycles. The van der Waals surface area contributed by atoms with E-state index in [1.165, 1.54) is 11.9 Å². The van der Waals surface area contributed by atoms with Gasteiger partial charge in [-0.3, -0.25) is 14.6 Å². The number of imide groups is 1. The molecule has 2 N–H and O–H groups in total. The Hall–Kier alpha value is -2.48. The largest absolute Gasteiger partial charge is 0.331 e. The molecule has 23 heavy (non-hydrogen) atoms. The average molecular weight is 314 g/mol. The van der Waals surface area contributed by atoms with Crippen LogP contribution in [0.5, 0.6) is 0 Å². The first kappa shape index (κ1) is 14.1. The lowest BCUT2D eigenvalue weighted by Crippen LogP contribution is -2.30. The fraction of sp³-hybridized carbons (Fsp3) is 0.467. The number of nitrogens with two attached hydrogens (primary N) is 1. The standard InChI is InChI=1S/C15H18N6O2/c1-8(16)13-17-14-11(20-7-12(22)19(2)15(20)23)5-10(9-3-4-9)6-21(14)18-13/h5-6,8-9H,3-4,7,16H2,1-2H3/t8-/m1/s1. The molecule has 1 saturated carbocycles. The van der Waals surface area contributed by atoms with E-state index in [0.717, 1.165) is 23.3 Å². The molecule has 120 valence electrons. The van der Waals surface area contributed by atoms with Gasteiger partial charge in [-0.15, -0.1) is 5.10 Å². The Labute approximate surface area is 132 Å². The van der Waals surface area contributed by atoms with E-state index in [1.54, 1.807) is 4.52 Å². The van der Waals surface area contributed by atoms with Crippen molar-refractivity contribution in [1.29, 1.82) is 0 Å². The first-order valence-corrected chi connectivity index (χ1v) is 7.69. The highest BCUT2D eigenvalue weighted by molar-refractivity contribution is 6.13. The third-order valence-electron chi connectivity index (χ3n) is 4.38. The first-order chi connectivity index (χ1) is 11.0. The van der Waals surface area contributed by atoms with Gasteiger partial charge in [-0.25, -0.2) is 14.3 Å². The van der Waals surface area contributed by atoms with Gasteiger partial charge in [-0.2, -0.15) is 0 Å². The Morgan fingerprint density at radius 3 is 2.65 bits per heavy atom. The summed E-state index contributed by atoms with van der Waals surface area (Å²) in [5.41, 5.74) is 8.17. The van der Waals surface area contributed by atoms with Gasteiger partial charge >= 0.3 is 6.03 Å². The monoisotopic (exact) mass is 314 g/mol. The van der Waals surface area contributed by atoms with Gasteiger partial charge in [-0.05, 0) is 37.3 Å². The Morgan fingerprint density at radius 2 is 2.09 bits per heavy atom. The van der Waals surface area contributed by atoms with E-state index in [0.29, 0.717) is 23.1 Å². The number of pyridine rings is 1.